The van der Waals surface area contributed by atoms with E-state index >= 15 is 0 Å². The van der Waals surface area contributed by atoms with Crippen molar-refractivity contribution < 1.29 is 0 Å². The molecule has 0 amide bonds. The van der Waals surface area contributed by atoms with Gasteiger partial charge in [0.1, 0.15) is 0 Å². The fourth-order valence-corrected chi connectivity index (χ4v) is 1.99. The van der Waals surface area contributed by atoms with Crippen LogP contribution in [-0.4, -0.2) is 24.5 Å². The van der Waals surface area contributed by atoms with Crippen molar-refractivity contribution in [3.8, 4) is 0 Å². The molecule has 0 unspecified atom stereocenters. The van der Waals surface area contributed by atoms with Gasteiger partial charge in [-0.1, -0.05) is 20.8 Å². The molecule has 66 valence electrons. The van der Waals surface area contributed by atoms with Gasteiger partial charge in [0.05, 0.1) is 0 Å². The van der Waals surface area contributed by atoms with Crippen LogP contribution in [0.25, 0.3) is 0 Å². The molecule has 0 N–H and O–H groups in total. The molecule has 11 heavy (non-hydrogen) atoms. The third kappa shape index (κ3) is 2.82. The van der Waals surface area contributed by atoms with E-state index in [0.29, 0.717) is 0 Å². The highest BCUT2D eigenvalue weighted by Crippen LogP contribution is 2.22. The van der Waals surface area contributed by atoms with Crippen molar-refractivity contribution in [3.63, 3.8) is 0 Å². The summed E-state index contributed by atoms with van der Waals surface area (Å²) in [6, 6.07) is 0. The molecule has 1 nitrogen and oxygen atoms in total. The fraction of sp³-hybridized carbons (Fsp3) is 1.00. The largest absolute Gasteiger partial charge is 0.303 e. The normalized spacial score (nSPS) is 20.7. The van der Waals surface area contributed by atoms with E-state index in [4.69, 9.17) is 0 Å². The van der Waals surface area contributed by atoms with Gasteiger partial charge in [-0.05, 0) is 31.2 Å². The van der Waals surface area contributed by atoms with E-state index in [1.54, 1.807) is 0 Å². The zero-order chi connectivity index (χ0) is 8.27. The first-order valence-electron chi connectivity index (χ1n) is 4.94. The van der Waals surface area contributed by atoms with Crippen molar-refractivity contribution in [1.82, 2.24) is 4.90 Å². The highest BCUT2D eigenvalue weighted by atomic mass is 15.2. The van der Waals surface area contributed by atoms with E-state index in [0.717, 1.165) is 11.8 Å². The minimum absolute atomic E-state index is 0.892. The molecule has 0 spiro atoms. The summed E-state index contributed by atoms with van der Waals surface area (Å²) in [5.41, 5.74) is 0. The van der Waals surface area contributed by atoms with Crippen molar-refractivity contribution in [1.29, 1.82) is 0 Å². The van der Waals surface area contributed by atoms with E-state index in [-0.39, 0.29) is 0 Å². The molecule has 0 atom stereocenters. The Kier molecular flexibility index (Phi) is 3.38. The van der Waals surface area contributed by atoms with Gasteiger partial charge in [0.2, 0.25) is 0 Å². The van der Waals surface area contributed by atoms with Crippen LogP contribution in [0.2, 0.25) is 0 Å². The maximum absolute atomic E-state index is 2.56. The molecule has 1 heteroatoms. The Morgan fingerprint density at radius 2 is 2.00 bits per heavy atom. The first-order chi connectivity index (χ1) is 5.22. The monoisotopic (exact) mass is 155 g/mol. The first kappa shape index (κ1) is 9.05. The molecule has 1 fully saturated rings. The van der Waals surface area contributed by atoms with Gasteiger partial charge in [0.25, 0.3) is 0 Å². The van der Waals surface area contributed by atoms with E-state index in [9.17, 15) is 0 Å². The molecular formula is C10H21N. The summed E-state index contributed by atoms with van der Waals surface area (Å²) in [7, 11) is 0. The van der Waals surface area contributed by atoms with Crippen LogP contribution >= 0.6 is 0 Å². The number of likely N-dealkylation sites (tertiary alicyclic amines) is 1. The highest BCUT2D eigenvalue weighted by molar-refractivity contribution is 4.79. The molecule has 1 rings (SSSR count). The molecule has 1 aliphatic heterocycles. The molecule has 1 heterocycles. The van der Waals surface area contributed by atoms with Gasteiger partial charge in [0.15, 0.2) is 0 Å². The maximum atomic E-state index is 2.56. The number of hydrogen-bond acceptors (Lipinski definition) is 1. The minimum atomic E-state index is 0.892. The van der Waals surface area contributed by atoms with Crippen molar-refractivity contribution in [2.45, 2.75) is 33.6 Å². The lowest BCUT2D eigenvalue weighted by Gasteiger charge is -2.40. The topological polar surface area (TPSA) is 3.24 Å². The molecular weight excluding hydrogens is 134 g/mol. The second kappa shape index (κ2) is 4.10. The number of nitrogens with zero attached hydrogens (tertiary/aromatic N) is 1. The standard InChI is InChI=1S/C10H21N/c1-4-5-11-7-10(8-11)6-9(2)3/h9-10H,4-8H2,1-3H3. The van der Waals surface area contributed by atoms with Crippen LogP contribution < -0.4 is 0 Å². The molecule has 0 aromatic heterocycles. The van der Waals surface area contributed by atoms with Gasteiger partial charge >= 0.3 is 0 Å². The third-order valence-electron chi connectivity index (χ3n) is 2.38. The lowest BCUT2D eigenvalue weighted by atomic mass is 9.90. The van der Waals surface area contributed by atoms with Crippen LogP contribution in [0.5, 0.6) is 0 Å². The Labute approximate surface area is 70.8 Å². The van der Waals surface area contributed by atoms with E-state index in [1.807, 2.05) is 0 Å². The Morgan fingerprint density at radius 3 is 2.45 bits per heavy atom. The van der Waals surface area contributed by atoms with E-state index < -0.39 is 0 Å². The maximum Gasteiger partial charge on any atom is 0.00221 e. The summed E-state index contributed by atoms with van der Waals surface area (Å²) in [5.74, 6) is 1.91. The van der Waals surface area contributed by atoms with Gasteiger partial charge in [-0.25, -0.2) is 0 Å². The quantitative estimate of drug-likeness (QED) is 0.602. The first-order valence-corrected chi connectivity index (χ1v) is 4.94. The van der Waals surface area contributed by atoms with Gasteiger partial charge in [0, 0.05) is 13.1 Å². The van der Waals surface area contributed by atoms with Crippen LogP contribution in [-0.2, 0) is 0 Å². The van der Waals surface area contributed by atoms with Gasteiger partial charge in [-0.2, -0.15) is 0 Å². The van der Waals surface area contributed by atoms with Crippen LogP contribution in [0.1, 0.15) is 33.6 Å². The van der Waals surface area contributed by atoms with Gasteiger partial charge in [-0.15, -0.1) is 0 Å². The third-order valence-corrected chi connectivity index (χ3v) is 2.38. The summed E-state index contributed by atoms with van der Waals surface area (Å²) in [6.07, 6.45) is 2.74. The number of rotatable bonds is 4. The van der Waals surface area contributed by atoms with Gasteiger partial charge in [-0.3, -0.25) is 0 Å². The molecule has 1 aliphatic rings. The summed E-state index contributed by atoms with van der Waals surface area (Å²) in [5, 5.41) is 0. The zero-order valence-corrected chi connectivity index (χ0v) is 8.14. The van der Waals surface area contributed by atoms with Crippen LogP contribution in [0.3, 0.4) is 0 Å². The van der Waals surface area contributed by atoms with E-state index in [1.165, 1.54) is 32.5 Å². The Bertz CT molecular complexity index is 103. The Morgan fingerprint density at radius 1 is 1.36 bits per heavy atom. The average Bonchev–Trinajstić information content (AvgIpc) is 1.82. The Balaban J connectivity index is 2.00. The minimum Gasteiger partial charge on any atom is -0.303 e. The zero-order valence-electron chi connectivity index (χ0n) is 8.14. The highest BCUT2D eigenvalue weighted by Gasteiger charge is 2.25. The van der Waals surface area contributed by atoms with Gasteiger partial charge < -0.3 is 4.90 Å². The summed E-state index contributed by atoms with van der Waals surface area (Å²) in [6.45, 7) is 11.0. The van der Waals surface area contributed by atoms with Crippen molar-refractivity contribution in [2.75, 3.05) is 19.6 Å². The number of hydrogen-bond donors (Lipinski definition) is 0. The molecule has 0 saturated carbocycles. The summed E-state index contributed by atoms with van der Waals surface area (Å²) in [4.78, 5) is 2.56. The molecule has 0 bridgehead atoms. The second-order valence-electron chi connectivity index (χ2n) is 4.26. The Hall–Kier alpha value is -0.0400. The lowest BCUT2D eigenvalue weighted by molar-refractivity contribution is 0.0856. The molecule has 0 aromatic rings. The lowest BCUT2D eigenvalue weighted by Crippen LogP contribution is -2.47. The van der Waals surface area contributed by atoms with Crippen molar-refractivity contribution in [3.05, 3.63) is 0 Å². The fourth-order valence-electron chi connectivity index (χ4n) is 1.99. The summed E-state index contributed by atoms with van der Waals surface area (Å²) >= 11 is 0. The van der Waals surface area contributed by atoms with Crippen molar-refractivity contribution >= 4 is 0 Å². The SMILES string of the molecule is CCCN1CC(CC(C)C)C1. The van der Waals surface area contributed by atoms with Crippen LogP contribution in [0, 0.1) is 11.8 Å². The van der Waals surface area contributed by atoms with Crippen molar-refractivity contribution in [2.24, 2.45) is 11.8 Å². The molecule has 1 saturated heterocycles. The van der Waals surface area contributed by atoms with E-state index in [2.05, 4.69) is 25.7 Å². The van der Waals surface area contributed by atoms with Crippen LogP contribution in [0.4, 0.5) is 0 Å². The molecule has 0 aromatic carbocycles. The predicted octanol–water partition coefficient (Wildman–Crippen LogP) is 2.37. The summed E-state index contributed by atoms with van der Waals surface area (Å²) < 4.78 is 0. The smallest absolute Gasteiger partial charge is 0.00221 e. The average molecular weight is 155 g/mol. The van der Waals surface area contributed by atoms with Crippen LogP contribution in [0.15, 0.2) is 0 Å². The molecule has 0 radical (unpaired) electrons. The second-order valence-corrected chi connectivity index (χ2v) is 4.26. The molecule has 0 aliphatic carbocycles. The predicted molar refractivity (Wildman–Crippen MR) is 49.7 cm³/mol.